The maximum absolute atomic E-state index is 15.6. The molecule has 11 nitrogen and oxygen atoms in total. The molecule has 45 heavy (non-hydrogen) atoms. The summed E-state index contributed by atoms with van der Waals surface area (Å²) < 4.78 is 17.6. The lowest BCUT2D eigenvalue weighted by Gasteiger charge is -2.26. The van der Waals surface area contributed by atoms with Crippen LogP contribution < -0.4 is 26.9 Å². The molecule has 1 saturated heterocycles. The maximum Gasteiger partial charge on any atom is 0.255 e. The molecular weight excluding hydrogens is 576 g/mol. The number of aromatic nitrogens is 3. The van der Waals surface area contributed by atoms with Crippen LogP contribution in [0.3, 0.4) is 0 Å². The second kappa shape index (κ2) is 11.6. The number of rotatable bonds is 8. The van der Waals surface area contributed by atoms with E-state index in [1.807, 2.05) is 16.7 Å². The first-order chi connectivity index (χ1) is 21.8. The van der Waals surface area contributed by atoms with Gasteiger partial charge in [-0.05, 0) is 49.6 Å². The Bertz CT molecular complexity index is 1830. The number of nitrogens with zero attached hydrogens (tertiary/aromatic N) is 4. The Hall–Kier alpha value is -5.33. The number of aryl methyl sites for hydroxylation is 1. The molecular formula is C32H28BFN7O4. The van der Waals surface area contributed by atoms with Crippen LogP contribution in [0.4, 0.5) is 15.9 Å². The Kier molecular flexibility index (Phi) is 7.36. The lowest BCUT2D eigenvalue weighted by molar-refractivity contribution is -0.133. The predicted molar refractivity (Wildman–Crippen MR) is 164 cm³/mol. The highest BCUT2D eigenvalue weighted by Gasteiger charge is 2.42. The second-order valence-electron chi connectivity index (χ2n) is 11.4. The SMILES string of the molecule is O=C1CCC(Nc2ccc([B]c3cc(F)c4c(c3)C(=O)N(C(C(=O)Nc3ccccn3)c3ncn5c3CCC5)C4)cc2)C(=O)N1. The molecule has 0 spiro atoms. The van der Waals surface area contributed by atoms with Crippen molar-refractivity contribution in [3.63, 3.8) is 0 Å². The van der Waals surface area contributed by atoms with Crippen LogP contribution in [0.15, 0.2) is 67.1 Å². The zero-order valence-corrected chi connectivity index (χ0v) is 24.1. The number of carbonyl (C=O) groups is 4. The van der Waals surface area contributed by atoms with Crippen molar-refractivity contribution in [2.45, 2.75) is 50.9 Å². The van der Waals surface area contributed by atoms with Gasteiger partial charge >= 0.3 is 0 Å². The number of hydrogen-bond acceptors (Lipinski definition) is 7. The van der Waals surface area contributed by atoms with Crippen LogP contribution in [0.1, 0.15) is 52.6 Å². The number of piperidine rings is 1. The third-order valence-electron chi connectivity index (χ3n) is 8.39. The standard InChI is InChI=1S/C32H28BFN7O4/c34-23-15-19(33-18-6-8-20(9-7-18)37-24-10-11-27(42)39-30(24)43)14-21-22(23)16-41(32(21)45)29(28-25-4-3-13-40(25)17-36-28)31(44)38-26-5-1-2-12-35-26/h1-2,5-9,12,14-15,17,24,29,37H,3-4,10-11,13,16H2,(H,35,38,44)(H,39,42,43). The van der Waals surface area contributed by atoms with E-state index in [2.05, 4.69) is 25.9 Å². The van der Waals surface area contributed by atoms with E-state index in [9.17, 15) is 19.2 Å². The van der Waals surface area contributed by atoms with Gasteiger partial charge in [0.1, 0.15) is 17.7 Å². The van der Waals surface area contributed by atoms with Gasteiger partial charge in [-0.2, -0.15) is 0 Å². The second-order valence-corrected chi connectivity index (χ2v) is 11.4. The van der Waals surface area contributed by atoms with Gasteiger partial charge in [0.25, 0.3) is 11.8 Å². The lowest BCUT2D eigenvalue weighted by atomic mass is 9.63. The van der Waals surface area contributed by atoms with Gasteiger partial charge in [0, 0.05) is 41.7 Å². The van der Waals surface area contributed by atoms with Gasteiger partial charge in [0.2, 0.25) is 11.8 Å². The first-order valence-electron chi connectivity index (χ1n) is 14.8. The van der Waals surface area contributed by atoms with E-state index in [4.69, 9.17) is 0 Å². The summed E-state index contributed by atoms with van der Waals surface area (Å²) in [6, 6.07) is 13.8. The fourth-order valence-electron chi connectivity index (χ4n) is 6.18. The minimum absolute atomic E-state index is 0.0758. The molecule has 1 fully saturated rings. The fourth-order valence-corrected chi connectivity index (χ4v) is 6.18. The molecule has 3 aliphatic rings. The molecule has 5 heterocycles. The Balaban J connectivity index is 1.11. The number of nitrogens with one attached hydrogen (secondary N) is 3. The minimum atomic E-state index is -1.07. The third-order valence-corrected chi connectivity index (χ3v) is 8.39. The monoisotopic (exact) mass is 604 g/mol. The largest absolute Gasteiger partial charge is 0.374 e. The number of carbonyl (C=O) groups excluding carboxylic acids is 4. The topological polar surface area (TPSA) is 138 Å². The van der Waals surface area contributed by atoms with Crippen molar-refractivity contribution in [2.75, 3.05) is 10.6 Å². The molecule has 0 bridgehead atoms. The first-order valence-corrected chi connectivity index (χ1v) is 14.8. The van der Waals surface area contributed by atoms with Gasteiger partial charge in [-0.15, -0.1) is 0 Å². The summed E-state index contributed by atoms with van der Waals surface area (Å²) in [6.45, 7) is 0.709. The van der Waals surface area contributed by atoms with Crippen LogP contribution in [0.2, 0.25) is 0 Å². The van der Waals surface area contributed by atoms with E-state index in [1.165, 1.54) is 11.0 Å². The molecule has 7 rings (SSSR count). The third kappa shape index (κ3) is 5.57. The van der Waals surface area contributed by atoms with Crippen molar-refractivity contribution in [3.8, 4) is 0 Å². The average Bonchev–Trinajstić information content (AvgIpc) is 3.73. The molecule has 0 aliphatic carbocycles. The van der Waals surface area contributed by atoms with Gasteiger partial charge in [-0.1, -0.05) is 35.2 Å². The molecule has 13 heteroatoms. The van der Waals surface area contributed by atoms with Crippen molar-refractivity contribution in [1.82, 2.24) is 24.8 Å². The van der Waals surface area contributed by atoms with Crippen molar-refractivity contribution in [2.24, 2.45) is 0 Å². The summed E-state index contributed by atoms with van der Waals surface area (Å²) in [7, 11) is 1.75. The van der Waals surface area contributed by atoms with Crippen LogP contribution >= 0.6 is 0 Å². The highest BCUT2D eigenvalue weighted by molar-refractivity contribution is 6.67. The molecule has 4 amide bonds. The normalized spacial score (nSPS) is 17.8. The summed E-state index contributed by atoms with van der Waals surface area (Å²) in [5, 5.41) is 8.26. The number of hydrogen-bond donors (Lipinski definition) is 3. The Labute approximate surface area is 258 Å². The number of imidazole rings is 1. The van der Waals surface area contributed by atoms with Crippen molar-refractivity contribution in [1.29, 1.82) is 0 Å². The zero-order valence-electron chi connectivity index (χ0n) is 24.1. The Morgan fingerprint density at radius 3 is 2.67 bits per heavy atom. The summed E-state index contributed by atoms with van der Waals surface area (Å²) in [5.74, 6) is -1.76. The van der Waals surface area contributed by atoms with Crippen molar-refractivity contribution >= 4 is 53.3 Å². The number of benzene rings is 2. The average molecular weight is 604 g/mol. The molecule has 2 unspecified atom stereocenters. The maximum atomic E-state index is 15.6. The number of amides is 4. The van der Waals surface area contributed by atoms with E-state index in [0.29, 0.717) is 29.1 Å². The molecule has 3 N–H and O–H groups in total. The fraction of sp³-hybridized carbons (Fsp3) is 0.250. The van der Waals surface area contributed by atoms with Gasteiger partial charge < -0.3 is 20.1 Å². The minimum Gasteiger partial charge on any atom is -0.374 e. The molecule has 0 saturated carbocycles. The van der Waals surface area contributed by atoms with E-state index in [1.54, 1.807) is 56.2 Å². The van der Waals surface area contributed by atoms with Gasteiger partial charge in [0.15, 0.2) is 13.3 Å². The van der Waals surface area contributed by atoms with E-state index in [-0.39, 0.29) is 35.9 Å². The first kappa shape index (κ1) is 28.4. The highest BCUT2D eigenvalue weighted by Crippen LogP contribution is 2.35. The number of halogens is 1. The highest BCUT2D eigenvalue weighted by atomic mass is 19.1. The van der Waals surface area contributed by atoms with Crippen LogP contribution in [0.25, 0.3) is 0 Å². The number of imide groups is 1. The Morgan fingerprint density at radius 2 is 1.89 bits per heavy atom. The summed E-state index contributed by atoms with van der Waals surface area (Å²) >= 11 is 0. The van der Waals surface area contributed by atoms with Crippen LogP contribution in [0, 0.1) is 5.82 Å². The van der Waals surface area contributed by atoms with Gasteiger partial charge in [-0.3, -0.25) is 24.5 Å². The van der Waals surface area contributed by atoms with Gasteiger partial charge in [0.05, 0.1) is 18.6 Å². The van der Waals surface area contributed by atoms with Crippen LogP contribution in [-0.2, 0) is 33.9 Å². The smallest absolute Gasteiger partial charge is 0.255 e. The summed E-state index contributed by atoms with van der Waals surface area (Å²) in [5.41, 5.74) is 3.76. The molecule has 1 radical (unpaired) electrons. The Morgan fingerprint density at radius 1 is 1.04 bits per heavy atom. The number of fused-ring (bicyclic) bond motifs is 2. The summed E-state index contributed by atoms with van der Waals surface area (Å²) in [4.78, 5) is 61.2. The van der Waals surface area contributed by atoms with E-state index >= 15 is 4.39 Å². The van der Waals surface area contributed by atoms with Crippen molar-refractivity contribution < 1.29 is 23.6 Å². The van der Waals surface area contributed by atoms with Crippen molar-refractivity contribution in [3.05, 3.63) is 95.5 Å². The molecule has 2 atom stereocenters. The quantitative estimate of drug-likeness (QED) is 0.205. The molecule has 2 aromatic heterocycles. The molecule has 4 aromatic rings. The molecule has 2 aromatic carbocycles. The molecule has 3 aliphatic heterocycles. The predicted octanol–water partition coefficient (Wildman–Crippen LogP) is 1.57. The number of pyridine rings is 1. The van der Waals surface area contributed by atoms with E-state index in [0.717, 1.165) is 30.5 Å². The molecule has 225 valence electrons. The van der Waals surface area contributed by atoms with Crippen LogP contribution in [-0.4, -0.2) is 56.4 Å². The zero-order chi connectivity index (χ0) is 31.1. The van der Waals surface area contributed by atoms with Crippen LogP contribution in [0.5, 0.6) is 0 Å². The van der Waals surface area contributed by atoms with E-state index < -0.39 is 29.7 Å². The summed E-state index contributed by atoms with van der Waals surface area (Å²) in [6.07, 6.45) is 5.57. The lowest BCUT2D eigenvalue weighted by Crippen LogP contribution is -2.47. The van der Waals surface area contributed by atoms with Gasteiger partial charge in [-0.25, -0.2) is 14.4 Å². The number of anilines is 2.